The van der Waals surface area contributed by atoms with Crippen molar-refractivity contribution in [3.8, 4) is 11.3 Å². The number of rotatable bonds is 9. The van der Waals surface area contributed by atoms with Gasteiger partial charge in [-0.1, -0.05) is 30.3 Å². The van der Waals surface area contributed by atoms with Gasteiger partial charge in [-0.3, -0.25) is 19.8 Å². The number of hydrogen-bond donors (Lipinski definition) is 2. The summed E-state index contributed by atoms with van der Waals surface area (Å²) in [5.74, 6) is 0.00584. The fourth-order valence-corrected chi connectivity index (χ4v) is 4.23. The minimum atomic E-state index is -0.530. The Morgan fingerprint density at radius 2 is 1.74 bits per heavy atom. The topological polar surface area (TPSA) is 109 Å². The molecule has 3 aromatic rings. The normalized spacial score (nSPS) is 14.2. The second-order valence-corrected chi connectivity index (χ2v) is 9.32. The summed E-state index contributed by atoms with van der Waals surface area (Å²) in [5, 5.41) is 10.2. The van der Waals surface area contributed by atoms with Crippen molar-refractivity contribution in [2.24, 2.45) is 0 Å². The van der Waals surface area contributed by atoms with E-state index in [0.717, 1.165) is 42.9 Å². The highest BCUT2D eigenvalue weighted by Crippen LogP contribution is 2.18. The van der Waals surface area contributed by atoms with Crippen LogP contribution in [0.15, 0.2) is 65.5 Å². The molecule has 0 radical (unpaired) electrons. The number of ether oxygens (including phenoxy) is 1. The van der Waals surface area contributed by atoms with Gasteiger partial charge in [-0.2, -0.15) is 5.10 Å². The van der Waals surface area contributed by atoms with Crippen LogP contribution in [0.2, 0.25) is 0 Å². The van der Waals surface area contributed by atoms with Crippen molar-refractivity contribution < 1.29 is 14.3 Å². The van der Waals surface area contributed by atoms with Crippen LogP contribution in [-0.2, 0) is 22.6 Å². The van der Waals surface area contributed by atoms with Crippen LogP contribution in [0.5, 0.6) is 0 Å². The van der Waals surface area contributed by atoms with E-state index < -0.39 is 6.09 Å². The van der Waals surface area contributed by atoms with Crippen molar-refractivity contribution in [2.45, 2.75) is 20.0 Å². The first-order valence-corrected chi connectivity index (χ1v) is 12.8. The van der Waals surface area contributed by atoms with Gasteiger partial charge in [0.2, 0.25) is 5.91 Å². The summed E-state index contributed by atoms with van der Waals surface area (Å²) < 4.78 is 6.31. The zero-order valence-corrected chi connectivity index (χ0v) is 21.9. The molecule has 2 heterocycles. The zero-order valence-electron chi connectivity index (χ0n) is 21.9. The van der Waals surface area contributed by atoms with E-state index in [2.05, 4.69) is 32.6 Å². The maximum atomic E-state index is 12.5. The summed E-state index contributed by atoms with van der Waals surface area (Å²) in [5.41, 5.74) is 3.60. The molecule has 0 bridgehead atoms. The van der Waals surface area contributed by atoms with E-state index in [1.54, 1.807) is 31.2 Å². The predicted molar refractivity (Wildman–Crippen MR) is 146 cm³/mol. The van der Waals surface area contributed by atoms with Gasteiger partial charge in [0.05, 0.1) is 25.4 Å². The number of anilines is 1. The number of amides is 2. The number of benzene rings is 2. The van der Waals surface area contributed by atoms with Crippen LogP contribution in [-0.4, -0.2) is 78.0 Å². The average Bonchev–Trinajstić information content (AvgIpc) is 2.90. The van der Waals surface area contributed by atoms with Gasteiger partial charge in [-0.25, -0.2) is 9.48 Å². The van der Waals surface area contributed by atoms with E-state index in [0.29, 0.717) is 24.5 Å². The molecule has 0 atom stereocenters. The summed E-state index contributed by atoms with van der Waals surface area (Å²) in [6.07, 6.45) is -0.530. The van der Waals surface area contributed by atoms with Gasteiger partial charge in [0.15, 0.2) is 0 Å². The first-order valence-electron chi connectivity index (χ1n) is 12.8. The van der Waals surface area contributed by atoms with Crippen molar-refractivity contribution in [2.75, 3.05) is 51.7 Å². The third-order valence-electron chi connectivity index (χ3n) is 6.32. The first kappa shape index (κ1) is 27.0. The number of piperazine rings is 1. The van der Waals surface area contributed by atoms with Crippen LogP contribution < -0.4 is 16.2 Å². The number of hydrogen-bond acceptors (Lipinski definition) is 7. The quantitative estimate of drug-likeness (QED) is 0.448. The second kappa shape index (κ2) is 13.0. The van der Waals surface area contributed by atoms with Crippen LogP contribution in [0.1, 0.15) is 18.1 Å². The molecule has 1 aromatic heterocycles. The fourth-order valence-electron chi connectivity index (χ4n) is 4.23. The highest BCUT2D eigenvalue weighted by molar-refractivity contribution is 5.84. The van der Waals surface area contributed by atoms with Crippen LogP contribution in [0.4, 0.5) is 10.5 Å². The van der Waals surface area contributed by atoms with Crippen molar-refractivity contribution in [1.82, 2.24) is 24.9 Å². The molecule has 0 unspecified atom stereocenters. The van der Waals surface area contributed by atoms with Gasteiger partial charge < -0.3 is 15.0 Å². The molecule has 200 valence electrons. The van der Waals surface area contributed by atoms with Crippen molar-refractivity contribution in [1.29, 1.82) is 0 Å². The molecule has 4 rings (SSSR count). The standard InChI is InChI=1S/C28H34N6O4/c1-3-38-28(37)30-24-9-5-7-22(17-24)19-34-27(36)11-10-25(31-34)23-8-4-6-21(16-23)18-29-26(35)20-33-14-12-32(2)13-15-33/h4-11,16-17H,3,12-15,18-20H2,1-2H3,(H,29,35)(H,30,37). The van der Waals surface area contributed by atoms with E-state index in [1.807, 2.05) is 30.3 Å². The molecule has 0 aliphatic carbocycles. The Bertz CT molecular complexity index is 1320. The molecule has 10 heteroatoms. The molecule has 0 saturated carbocycles. The Morgan fingerprint density at radius 1 is 0.974 bits per heavy atom. The lowest BCUT2D eigenvalue weighted by atomic mass is 10.1. The number of carbonyl (C=O) groups excluding carboxylic acids is 2. The molecule has 1 aliphatic rings. The Labute approximate surface area is 222 Å². The SMILES string of the molecule is CCOC(=O)Nc1cccc(Cn2nc(-c3cccc(CNC(=O)CN4CCN(C)CC4)c3)ccc2=O)c1. The van der Waals surface area contributed by atoms with E-state index in [1.165, 1.54) is 10.7 Å². The van der Waals surface area contributed by atoms with Crippen molar-refractivity contribution in [3.63, 3.8) is 0 Å². The molecular weight excluding hydrogens is 484 g/mol. The minimum Gasteiger partial charge on any atom is -0.450 e. The van der Waals surface area contributed by atoms with Crippen molar-refractivity contribution >= 4 is 17.7 Å². The monoisotopic (exact) mass is 518 g/mol. The average molecular weight is 519 g/mol. The number of likely N-dealkylation sites (N-methyl/N-ethyl adjacent to an activating group) is 1. The molecule has 10 nitrogen and oxygen atoms in total. The smallest absolute Gasteiger partial charge is 0.411 e. The summed E-state index contributed by atoms with van der Waals surface area (Å²) in [6, 6.07) is 18.2. The van der Waals surface area contributed by atoms with Gasteiger partial charge >= 0.3 is 6.09 Å². The van der Waals surface area contributed by atoms with E-state index in [9.17, 15) is 14.4 Å². The molecular formula is C28H34N6O4. The molecule has 2 aromatic carbocycles. The number of carbonyl (C=O) groups is 2. The highest BCUT2D eigenvalue weighted by Gasteiger charge is 2.16. The van der Waals surface area contributed by atoms with E-state index in [-0.39, 0.29) is 24.6 Å². The van der Waals surface area contributed by atoms with Crippen LogP contribution >= 0.6 is 0 Å². The molecule has 1 saturated heterocycles. The lowest BCUT2D eigenvalue weighted by Gasteiger charge is -2.31. The summed E-state index contributed by atoms with van der Waals surface area (Å²) in [7, 11) is 2.09. The molecule has 0 spiro atoms. The van der Waals surface area contributed by atoms with Crippen LogP contribution in [0.25, 0.3) is 11.3 Å². The third-order valence-corrected chi connectivity index (χ3v) is 6.32. The zero-order chi connectivity index (χ0) is 26.9. The molecule has 1 aliphatic heterocycles. The minimum absolute atomic E-state index is 0.00584. The van der Waals surface area contributed by atoms with Crippen molar-refractivity contribution in [3.05, 3.63) is 82.1 Å². The molecule has 2 N–H and O–H groups in total. The van der Waals surface area contributed by atoms with Gasteiger partial charge in [-0.05, 0) is 49.4 Å². The summed E-state index contributed by atoms with van der Waals surface area (Å²) in [4.78, 5) is 41.1. The largest absolute Gasteiger partial charge is 0.450 e. The Balaban J connectivity index is 1.40. The summed E-state index contributed by atoms with van der Waals surface area (Å²) in [6.45, 7) is 6.81. The highest BCUT2D eigenvalue weighted by atomic mass is 16.5. The molecule has 38 heavy (non-hydrogen) atoms. The first-order chi connectivity index (χ1) is 18.4. The van der Waals surface area contributed by atoms with Crippen LogP contribution in [0, 0.1) is 0 Å². The molecule has 1 fully saturated rings. The third kappa shape index (κ3) is 7.74. The summed E-state index contributed by atoms with van der Waals surface area (Å²) >= 11 is 0. The Hall–Kier alpha value is -4.02. The Kier molecular flexibility index (Phi) is 9.23. The lowest BCUT2D eigenvalue weighted by molar-refractivity contribution is -0.122. The van der Waals surface area contributed by atoms with Crippen LogP contribution in [0.3, 0.4) is 0 Å². The molecule has 2 amide bonds. The van der Waals surface area contributed by atoms with E-state index in [4.69, 9.17) is 4.74 Å². The Morgan fingerprint density at radius 3 is 2.53 bits per heavy atom. The van der Waals surface area contributed by atoms with Gasteiger partial charge in [0.25, 0.3) is 5.56 Å². The fraction of sp³-hybridized carbons (Fsp3) is 0.357. The maximum absolute atomic E-state index is 12.5. The van der Waals surface area contributed by atoms with Gasteiger partial charge in [0, 0.05) is 50.0 Å². The maximum Gasteiger partial charge on any atom is 0.411 e. The van der Waals surface area contributed by atoms with E-state index >= 15 is 0 Å². The second-order valence-electron chi connectivity index (χ2n) is 9.32. The van der Waals surface area contributed by atoms with Gasteiger partial charge in [-0.15, -0.1) is 0 Å². The number of nitrogens with zero attached hydrogens (tertiary/aromatic N) is 4. The predicted octanol–water partition coefficient (Wildman–Crippen LogP) is 2.39. The number of nitrogens with one attached hydrogen (secondary N) is 2. The number of aromatic nitrogens is 2. The van der Waals surface area contributed by atoms with Gasteiger partial charge in [0.1, 0.15) is 0 Å². The lowest BCUT2D eigenvalue weighted by Crippen LogP contribution is -2.48.